The second-order valence-electron chi connectivity index (χ2n) is 6.11. The lowest BCUT2D eigenvalue weighted by atomic mass is 9.76. The lowest BCUT2D eigenvalue weighted by Crippen LogP contribution is -2.28. The summed E-state index contributed by atoms with van der Waals surface area (Å²) < 4.78 is 5.97. The van der Waals surface area contributed by atoms with Crippen LogP contribution in [0.4, 0.5) is 0 Å². The average molecular weight is 297 g/mol. The van der Waals surface area contributed by atoms with Gasteiger partial charge in [-0.05, 0) is 49.3 Å². The first kappa shape index (κ1) is 15.0. The molecule has 0 radical (unpaired) electrons. The van der Waals surface area contributed by atoms with E-state index in [9.17, 15) is 0 Å². The Morgan fingerprint density at radius 3 is 2.60 bits per heavy atom. The topological polar surface area (TPSA) is 67.8 Å². The average Bonchev–Trinajstić information content (AvgIpc) is 2.40. The van der Waals surface area contributed by atoms with Crippen LogP contribution in [0.5, 0.6) is 5.75 Å². The summed E-state index contributed by atoms with van der Waals surface area (Å²) in [4.78, 5) is 0. The third kappa shape index (κ3) is 3.57. The van der Waals surface area contributed by atoms with E-state index in [-0.39, 0.29) is 11.9 Å². The minimum absolute atomic E-state index is 0.000894. The highest BCUT2D eigenvalue weighted by molar-refractivity contribution is 6.34. The second kappa shape index (κ2) is 5.92. The van der Waals surface area contributed by atoms with Crippen molar-refractivity contribution < 1.29 is 9.94 Å². The molecule has 0 unspecified atom stereocenters. The fourth-order valence-electron chi connectivity index (χ4n) is 2.51. The Kier molecular flexibility index (Phi) is 4.43. The van der Waals surface area contributed by atoms with Gasteiger partial charge in [-0.2, -0.15) is 0 Å². The highest BCUT2D eigenvalue weighted by Gasteiger charge is 2.27. The maximum atomic E-state index is 8.67. The van der Waals surface area contributed by atoms with Crippen LogP contribution in [0.3, 0.4) is 0 Å². The van der Waals surface area contributed by atoms with E-state index in [1.165, 1.54) is 12.8 Å². The Balaban J connectivity index is 2.03. The van der Waals surface area contributed by atoms with Crippen molar-refractivity contribution in [3.8, 4) is 5.75 Å². The molecule has 1 aromatic rings. The molecular formula is C15H21ClN2O2. The molecule has 4 nitrogen and oxygen atoms in total. The molecule has 1 fully saturated rings. The summed E-state index contributed by atoms with van der Waals surface area (Å²) in [6, 6.07) is 5.23. The molecule has 3 N–H and O–H groups in total. The second-order valence-corrected chi connectivity index (χ2v) is 6.52. The summed E-state index contributed by atoms with van der Waals surface area (Å²) in [5, 5.41) is 12.0. The van der Waals surface area contributed by atoms with Gasteiger partial charge in [0.15, 0.2) is 5.84 Å². The first-order valence-corrected chi connectivity index (χ1v) is 7.23. The number of nitrogens with two attached hydrogens (primary N) is 1. The molecule has 0 aromatic heterocycles. The van der Waals surface area contributed by atoms with Crippen LogP contribution in [0.15, 0.2) is 23.4 Å². The van der Waals surface area contributed by atoms with Gasteiger partial charge in [0, 0.05) is 5.56 Å². The first-order chi connectivity index (χ1) is 9.41. The van der Waals surface area contributed by atoms with Gasteiger partial charge in [0.05, 0.1) is 11.1 Å². The van der Waals surface area contributed by atoms with Crippen LogP contribution in [-0.2, 0) is 0 Å². The van der Waals surface area contributed by atoms with Crippen LogP contribution >= 0.6 is 11.6 Å². The summed E-state index contributed by atoms with van der Waals surface area (Å²) in [6.45, 7) is 4.60. The molecule has 0 atom stereocenters. The maximum Gasteiger partial charge on any atom is 0.171 e. The SMILES string of the molecule is CC1(C)CCC(Oc2ccc(/C(N)=N/O)c(Cl)c2)CC1. The van der Waals surface area contributed by atoms with Crippen molar-refractivity contribution in [3.63, 3.8) is 0 Å². The number of nitrogens with zero attached hydrogens (tertiary/aromatic N) is 1. The fraction of sp³-hybridized carbons (Fsp3) is 0.533. The Hall–Kier alpha value is -1.42. The minimum Gasteiger partial charge on any atom is -0.490 e. The summed E-state index contributed by atoms with van der Waals surface area (Å²) in [6.07, 6.45) is 4.72. The molecule has 1 saturated carbocycles. The number of oxime groups is 1. The largest absolute Gasteiger partial charge is 0.490 e. The van der Waals surface area contributed by atoms with Gasteiger partial charge in [0.2, 0.25) is 0 Å². The third-order valence-corrected chi connectivity index (χ3v) is 4.23. The summed E-state index contributed by atoms with van der Waals surface area (Å²) >= 11 is 6.11. The minimum atomic E-state index is 0.000894. The zero-order valence-electron chi connectivity index (χ0n) is 11.9. The van der Waals surface area contributed by atoms with Crippen molar-refractivity contribution in [1.29, 1.82) is 0 Å². The van der Waals surface area contributed by atoms with E-state index in [4.69, 9.17) is 27.3 Å². The van der Waals surface area contributed by atoms with Crippen molar-refractivity contribution in [2.75, 3.05) is 0 Å². The number of hydrogen-bond acceptors (Lipinski definition) is 3. The maximum absolute atomic E-state index is 8.67. The molecule has 2 rings (SSSR count). The zero-order valence-corrected chi connectivity index (χ0v) is 12.7. The van der Waals surface area contributed by atoms with Gasteiger partial charge in [-0.3, -0.25) is 0 Å². The molecule has 0 aliphatic heterocycles. The molecule has 0 heterocycles. The van der Waals surface area contributed by atoms with Crippen molar-refractivity contribution >= 4 is 17.4 Å². The zero-order chi connectivity index (χ0) is 14.8. The number of amidine groups is 1. The van der Waals surface area contributed by atoms with E-state index >= 15 is 0 Å². The molecular weight excluding hydrogens is 276 g/mol. The van der Waals surface area contributed by atoms with E-state index in [0.29, 0.717) is 16.0 Å². The predicted molar refractivity (Wildman–Crippen MR) is 80.6 cm³/mol. The quantitative estimate of drug-likeness (QED) is 0.386. The summed E-state index contributed by atoms with van der Waals surface area (Å²) in [7, 11) is 0. The van der Waals surface area contributed by atoms with Crippen molar-refractivity contribution in [2.45, 2.75) is 45.6 Å². The Bertz CT molecular complexity index is 505. The van der Waals surface area contributed by atoms with E-state index < -0.39 is 0 Å². The smallest absolute Gasteiger partial charge is 0.171 e. The Morgan fingerprint density at radius 1 is 1.40 bits per heavy atom. The van der Waals surface area contributed by atoms with Crippen LogP contribution in [-0.4, -0.2) is 17.1 Å². The van der Waals surface area contributed by atoms with Gasteiger partial charge >= 0.3 is 0 Å². The molecule has 1 aliphatic carbocycles. The highest BCUT2D eigenvalue weighted by atomic mass is 35.5. The number of hydrogen-bond donors (Lipinski definition) is 2. The van der Waals surface area contributed by atoms with Crippen molar-refractivity contribution in [2.24, 2.45) is 16.3 Å². The van der Waals surface area contributed by atoms with Gasteiger partial charge < -0.3 is 15.7 Å². The molecule has 1 aliphatic rings. The third-order valence-electron chi connectivity index (χ3n) is 3.91. The van der Waals surface area contributed by atoms with Crippen LogP contribution in [0, 0.1) is 5.41 Å². The van der Waals surface area contributed by atoms with Gasteiger partial charge in [0.1, 0.15) is 5.75 Å². The molecule has 5 heteroatoms. The molecule has 20 heavy (non-hydrogen) atoms. The van der Waals surface area contributed by atoms with Gasteiger partial charge in [-0.15, -0.1) is 0 Å². The molecule has 110 valence electrons. The summed E-state index contributed by atoms with van der Waals surface area (Å²) in [5.74, 6) is 0.732. The first-order valence-electron chi connectivity index (χ1n) is 6.85. The van der Waals surface area contributed by atoms with Crippen LogP contribution in [0.1, 0.15) is 45.1 Å². The van der Waals surface area contributed by atoms with Crippen LogP contribution < -0.4 is 10.5 Å². The lowest BCUT2D eigenvalue weighted by molar-refractivity contribution is 0.0988. The Morgan fingerprint density at radius 2 is 2.05 bits per heavy atom. The van der Waals surface area contributed by atoms with Crippen LogP contribution in [0.2, 0.25) is 5.02 Å². The lowest BCUT2D eigenvalue weighted by Gasteiger charge is -2.34. The predicted octanol–water partition coefficient (Wildman–Crippen LogP) is 3.78. The van der Waals surface area contributed by atoms with Crippen molar-refractivity contribution in [3.05, 3.63) is 28.8 Å². The fourth-order valence-corrected chi connectivity index (χ4v) is 2.78. The number of ether oxygens (including phenoxy) is 1. The molecule has 0 saturated heterocycles. The normalized spacial score (nSPS) is 19.9. The number of benzene rings is 1. The van der Waals surface area contributed by atoms with E-state index in [1.54, 1.807) is 18.2 Å². The highest BCUT2D eigenvalue weighted by Crippen LogP contribution is 2.36. The Labute approximate surface area is 124 Å². The number of rotatable bonds is 3. The van der Waals surface area contributed by atoms with Gasteiger partial charge in [0.25, 0.3) is 0 Å². The molecule has 0 spiro atoms. The standard InChI is InChI=1S/C15H21ClN2O2/c1-15(2)7-5-10(6-8-15)20-11-3-4-12(13(16)9-11)14(17)18-19/h3-4,9-10,19H,5-8H2,1-2H3,(H2,17,18). The summed E-state index contributed by atoms with van der Waals surface area (Å²) in [5.41, 5.74) is 6.46. The van der Waals surface area contributed by atoms with E-state index in [0.717, 1.165) is 18.6 Å². The molecule has 0 bridgehead atoms. The van der Waals surface area contributed by atoms with Crippen molar-refractivity contribution in [1.82, 2.24) is 0 Å². The molecule has 1 aromatic carbocycles. The number of halogens is 1. The van der Waals surface area contributed by atoms with E-state index in [2.05, 4.69) is 19.0 Å². The van der Waals surface area contributed by atoms with E-state index in [1.807, 2.05) is 0 Å². The molecule has 0 amide bonds. The monoisotopic (exact) mass is 296 g/mol. The van der Waals surface area contributed by atoms with Gasteiger partial charge in [-0.1, -0.05) is 30.6 Å². The van der Waals surface area contributed by atoms with Crippen LogP contribution in [0.25, 0.3) is 0 Å². The van der Waals surface area contributed by atoms with Gasteiger partial charge in [-0.25, -0.2) is 0 Å².